The molecule has 7 heteroatoms. The number of aromatic nitrogens is 2. The summed E-state index contributed by atoms with van der Waals surface area (Å²) in [7, 11) is 0. The predicted molar refractivity (Wildman–Crippen MR) is 90.1 cm³/mol. The lowest BCUT2D eigenvalue weighted by molar-refractivity contribution is -0.145. The van der Waals surface area contributed by atoms with E-state index in [0.29, 0.717) is 25.1 Å². The summed E-state index contributed by atoms with van der Waals surface area (Å²) in [6.45, 7) is 2.51. The van der Waals surface area contributed by atoms with E-state index in [9.17, 15) is 9.59 Å². The zero-order valence-electron chi connectivity index (χ0n) is 13.7. The Labute approximate surface area is 140 Å². The van der Waals surface area contributed by atoms with Crippen molar-refractivity contribution < 1.29 is 14.3 Å². The number of nitrogens with two attached hydrogens (primary N) is 1. The molecule has 0 unspecified atom stereocenters. The molecule has 24 heavy (non-hydrogen) atoms. The minimum atomic E-state index is -0.527. The summed E-state index contributed by atoms with van der Waals surface area (Å²) in [6, 6.07) is 7.07. The number of unbranched alkanes of at least 4 members (excludes halogenated alkanes) is 2. The van der Waals surface area contributed by atoms with Crippen molar-refractivity contribution in [3.8, 4) is 0 Å². The molecule has 0 fully saturated rings. The number of hydrogen-bond donors (Lipinski definition) is 2. The van der Waals surface area contributed by atoms with Crippen LogP contribution in [-0.2, 0) is 16.1 Å². The van der Waals surface area contributed by atoms with Gasteiger partial charge >= 0.3 is 12.0 Å². The molecule has 0 aliphatic heterocycles. The van der Waals surface area contributed by atoms with E-state index in [1.807, 2.05) is 31.2 Å². The van der Waals surface area contributed by atoms with E-state index in [1.54, 1.807) is 0 Å². The van der Waals surface area contributed by atoms with E-state index in [0.717, 1.165) is 29.6 Å². The van der Waals surface area contributed by atoms with Gasteiger partial charge in [-0.3, -0.25) is 4.79 Å². The average Bonchev–Trinajstić information content (AvgIpc) is 2.55. The number of primary amides is 1. The van der Waals surface area contributed by atoms with Crippen LogP contribution in [0.4, 0.5) is 4.79 Å². The number of carbonyl (C=O) groups is 2. The third-order valence-corrected chi connectivity index (χ3v) is 3.57. The molecule has 1 aromatic heterocycles. The number of para-hydroxylation sites is 2. The number of rotatable bonds is 8. The first kappa shape index (κ1) is 17.7. The van der Waals surface area contributed by atoms with Crippen LogP contribution in [0.15, 0.2) is 24.3 Å². The number of ether oxygens (including phenoxy) is 1. The van der Waals surface area contributed by atoms with Crippen LogP contribution in [0, 0.1) is 6.92 Å². The van der Waals surface area contributed by atoms with Gasteiger partial charge in [-0.05, 0) is 31.9 Å². The van der Waals surface area contributed by atoms with Gasteiger partial charge in [0, 0.05) is 13.0 Å². The molecule has 0 spiro atoms. The SMILES string of the molecule is Cc1nc2ccccc2nc1COC(=O)CCCCCNC(N)=O. The van der Waals surface area contributed by atoms with Crippen molar-refractivity contribution in [2.45, 2.75) is 39.2 Å². The van der Waals surface area contributed by atoms with Gasteiger partial charge in [-0.2, -0.15) is 0 Å². The number of esters is 1. The fourth-order valence-electron chi connectivity index (χ4n) is 2.27. The van der Waals surface area contributed by atoms with E-state index >= 15 is 0 Å². The fourth-order valence-corrected chi connectivity index (χ4v) is 2.27. The minimum absolute atomic E-state index is 0.131. The fraction of sp³-hybridized carbons (Fsp3) is 0.412. The number of nitrogens with zero attached hydrogens (tertiary/aromatic N) is 2. The maximum absolute atomic E-state index is 11.8. The number of aryl methyl sites for hydroxylation is 1. The molecule has 0 aliphatic rings. The molecule has 0 radical (unpaired) electrons. The topological polar surface area (TPSA) is 107 Å². The van der Waals surface area contributed by atoms with Crippen molar-refractivity contribution in [1.29, 1.82) is 0 Å². The van der Waals surface area contributed by atoms with Crippen molar-refractivity contribution >= 4 is 23.0 Å². The summed E-state index contributed by atoms with van der Waals surface area (Å²) in [5.41, 5.74) is 8.02. The van der Waals surface area contributed by atoms with Gasteiger partial charge in [-0.15, -0.1) is 0 Å². The number of benzene rings is 1. The summed E-state index contributed by atoms with van der Waals surface area (Å²) in [5, 5.41) is 2.51. The average molecular weight is 330 g/mol. The van der Waals surface area contributed by atoms with Crippen LogP contribution < -0.4 is 11.1 Å². The van der Waals surface area contributed by atoms with Gasteiger partial charge in [0.1, 0.15) is 6.61 Å². The molecule has 0 atom stereocenters. The van der Waals surface area contributed by atoms with Gasteiger partial charge in [0.05, 0.1) is 22.4 Å². The highest BCUT2D eigenvalue weighted by atomic mass is 16.5. The Hall–Kier alpha value is -2.70. The third-order valence-electron chi connectivity index (χ3n) is 3.57. The highest BCUT2D eigenvalue weighted by Crippen LogP contribution is 2.13. The van der Waals surface area contributed by atoms with Crippen LogP contribution in [-0.4, -0.2) is 28.5 Å². The molecular formula is C17H22N4O3. The number of hydrogen-bond acceptors (Lipinski definition) is 5. The van der Waals surface area contributed by atoms with Crippen LogP contribution in [0.3, 0.4) is 0 Å². The maximum atomic E-state index is 11.8. The number of nitrogens with one attached hydrogen (secondary N) is 1. The Bertz CT molecular complexity index is 718. The number of fused-ring (bicyclic) bond motifs is 1. The number of carbonyl (C=O) groups excluding carboxylic acids is 2. The Morgan fingerprint density at radius 1 is 1.12 bits per heavy atom. The van der Waals surface area contributed by atoms with Crippen molar-refractivity contribution in [2.75, 3.05) is 6.54 Å². The van der Waals surface area contributed by atoms with Crippen LogP contribution in [0.25, 0.3) is 11.0 Å². The summed E-state index contributed by atoms with van der Waals surface area (Å²) < 4.78 is 5.27. The molecule has 1 heterocycles. The first-order chi connectivity index (χ1) is 11.6. The van der Waals surface area contributed by atoms with E-state index < -0.39 is 6.03 Å². The molecule has 2 aromatic rings. The largest absolute Gasteiger partial charge is 0.459 e. The first-order valence-corrected chi connectivity index (χ1v) is 7.97. The van der Waals surface area contributed by atoms with Gasteiger partial charge in [0.2, 0.25) is 0 Å². The zero-order valence-corrected chi connectivity index (χ0v) is 13.7. The van der Waals surface area contributed by atoms with Crippen molar-refractivity contribution in [2.24, 2.45) is 5.73 Å². The molecule has 7 nitrogen and oxygen atoms in total. The minimum Gasteiger partial charge on any atom is -0.459 e. The van der Waals surface area contributed by atoms with Crippen molar-refractivity contribution in [3.05, 3.63) is 35.7 Å². The molecule has 0 saturated carbocycles. The number of amides is 2. The molecule has 1 aromatic carbocycles. The summed E-state index contributed by atoms with van der Waals surface area (Å²) in [6.07, 6.45) is 2.66. The van der Waals surface area contributed by atoms with E-state index in [-0.39, 0.29) is 12.6 Å². The monoisotopic (exact) mass is 330 g/mol. The molecule has 0 aliphatic carbocycles. The number of urea groups is 1. The second-order valence-electron chi connectivity index (χ2n) is 5.51. The van der Waals surface area contributed by atoms with Gasteiger partial charge in [0.25, 0.3) is 0 Å². The van der Waals surface area contributed by atoms with Crippen molar-refractivity contribution in [3.63, 3.8) is 0 Å². The summed E-state index contributed by atoms with van der Waals surface area (Å²) >= 11 is 0. The Morgan fingerprint density at radius 3 is 2.54 bits per heavy atom. The molecule has 128 valence electrons. The molecule has 0 saturated heterocycles. The molecule has 3 N–H and O–H groups in total. The normalized spacial score (nSPS) is 10.5. The molecular weight excluding hydrogens is 308 g/mol. The van der Waals surface area contributed by atoms with Gasteiger partial charge in [-0.25, -0.2) is 14.8 Å². The lowest BCUT2D eigenvalue weighted by atomic mass is 10.2. The smallest absolute Gasteiger partial charge is 0.312 e. The van der Waals surface area contributed by atoms with E-state index in [2.05, 4.69) is 15.3 Å². The molecule has 0 bridgehead atoms. The van der Waals surface area contributed by atoms with Gasteiger partial charge in [-0.1, -0.05) is 18.6 Å². The lowest BCUT2D eigenvalue weighted by Gasteiger charge is -2.08. The second-order valence-corrected chi connectivity index (χ2v) is 5.51. The van der Waals surface area contributed by atoms with Gasteiger partial charge in [0.15, 0.2) is 0 Å². The predicted octanol–water partition coefficient (Wildman–Crippen LogP) is 2.21. The lowest BCUT2D eigenvalue weighted by Crippen LogP contribution is -2.29. The van der Waals surface area contributed by atoms with Crippen LogP contribution in [0.2, 0.25) is 0 Å². The Kier molecular flexibility index (Phi) is 6.48. The van der Waals surface area contributed by atoms with E-state index in [4.69, 9.17) is 10.5 Å². The van der Waals surface area contributed by atoms with Gasteiger partial charge < -0.3 is 15.8 Å². The third kappa shape index (κ3) is 5.49. The zero-order chi connectivity index (χ0) is 17.4. The quantitative estimate of drug-likeness (QED) is 0.570. The highest BCUT2D eigenvalue weighted by Gasteiger charge is 2.08. The van der Waals surface area contributed by atoms with Crippen LogP contribution in [0.5, 0.6) is 0 Å². The first-order valence-electron chi connectivity index (χ1n) is 7.97. The van der Waals surface area contributed by atoms with Crippen LogP contribution >= 0.6 is 0 Å². The Balaban J connectivity index is 1.74. The summed E-state index contributed by atoms with van der Waals surface area (Å²) in [4.78, 5) is 31.2. The highest BCUT2D eigenvalue weighted by molar-refractivity contribution is 5.74. The second kappa shape index (κ2) is 8.81. The Morgan fingerprint density at radius 2 is 1.83 bits per heavy atom. The molecule has 2 rings (SSSR count). The van der Waals surface area contributed by atoms with E-state index in [1.165, 1.54) is 0 Å². The molecule has 2 amide bonds. The maximum Gasteiger partial charge on any atom is 0.312 e. The standard InChI is InChI=1S/C17H22N4O3/c1-12-15(21-14-8-5-4-7-13(14)20-12)11-24-16(22)9-3-2-6-10-19-17(18)23/h4-5,7-8H,2-3,6,9-11H2,1H3,(H3,18,19,23). The van der Waals surface area contributed by atoms with Crippen molar-refractivity contribution in [1.82, 2.24) is 15.3 Å². The summed E-state index contributed by atoms with van der Waals surface area (Å²) in [5.74, 6) is -0.257. The van der Waals surface area contributed by atoms with Crippen LogP contribution in [0.1, 0.15) is 37.1 Å².